The molecule has 0 saturated carbocycles. The lowest BCUT2D eigenvalue weighted by Gasteiger charge is -2.46. The van der Waals surface area contributed by atoms with E-state index in [-0.39, 0.29) is 11.3 Å². The largest absolute Gasteiger partial charge is 0.480 e. The van der Waals surface area contributed by atoms with Crippen molar-refractivity contribution in [3.63, 3.8) is 0 Å². The number of carbonyl (C=O) groups excluding carboxylic acids is 1. The number of thioether (sulfide) groups is 1. The van der Waals surface area contributed by atoms with Gasteiger partial charge in [0.1, 0.15) is 16.7 Å². The Morgan fingerprint density at radius 3 is 2.93 bits per heavy atom. The second kappa shape index (κ2) is 2.99. The number of aliphatic carboxylic acids is 1. The molecule has 0 aromatic rings. The zero-order valence-electron chi connectivity index (χ0n) is 7.51. The molecule has 76 valence electrons. The average molecular weight is 214 g/mol. The lowest BCUT2D eigenvalue weighted by Crippen LogP contribution is -2.66. The van der Waals surface area contributed by atoms with Crippen LogP contribution in [0.3, 0.4) is 0 Å². The van der Waals surface area contributed by atoms with Crippen LogP contribution >= 0.6 is 11.8 Å². The SMILES string of the molecule is CC1=CN2C(=O)C(N)[C@H]2SC1C(=O)O. The number of hydrogen-bond acceptors (Lipinski definition) is 4. The van der Waals surface area contributed by atoms with Gasteiger partial charge in [-0.15, -0.1) is 11.8 Å². The van der Waals surface area contributed by atoms with Gasteiger partial charge in [-0.3, -0.25) is 9.59 Å². The highest BCUT2D eigenvalue weighted by Gasteiger charge is 2.49. The number of carboxylic acid groups (broad SMARTS) is 1. The normalized spacial score (nSPS) is 35.9. The Kier molecular flexibility index (Phi) is 2.04. The number of rotatable bonds is 1. The first kappa shape index (κ1) is 9.54. The Morgan fingerprint density at radius 1 is 1.71 bits per heavy atom. The Bertz CT molecular complexity index is 341. The highest BCUT2D eigenvalue weighted by molar-refractivity contribution is 8.01. The van der Waals surface area contributed by atoms with Gasteiger partial charge < -0.3 is 15.7 Å². The first-order valence-corrected chi connectivity index (χ1v) is 5.11. The Balaban J connectivity index is 2.24. The molecule has 2 aliphatic rings. The first-order chi connectivity index (χ1) is 6.52. The molecular weight excluding hydrogens is 204 g/mol. The molecule has 0 aromatic heterocycles. The van der Waals surface area contributed by atoms with Gasteiger partial charge in [-0.05, 0) is 12.5 Å². The monoisotopic (exact) mass is 214 g/mol. The standard InChI is InChI=1S/C8H10N2O3S/c1-3-2-10-6(11)4(9)7(10)14-5(3)8(12)13/h2,4-5,7H,9H2,1H3,(H,12,13)/t4?,5?,7-/m1/s1. The molecule has 1 fully saturated rings. The molecule has 14 heavy (non-hydrogen) atoms. The Labute approximate surface area is 84.9 Å². The lowest BCUT2D eigenvalue weighted by atomic mass is 10.1. The number of carboxylic acids is 1. The van der Waals surface area contributed by atoms with E-state index in [1.165, 1.54) is 16.7 Å². The minimum absolute atomic E-state index is 0.134. The summed E-state index contributed by atoms with van der Waals surface area (Å²) in [7, 11) is 0. The summed E-state index contributed by atoms with van der Waals surface area (Å²) in [5.74, 6) is -1.01. The molecule has 3 atom stereocenters. The predicted molar refractivity (Wildman–Crippen MR) is 51.4 cm³/mol. The molecular formula is C8H10N2O3S. The maximum absolute atomic E-state index is 11.2. The topological polar surface area (TPSA) is 83.6 Å². The molecule has 2 aliphatic heterocycles. The van der Waals surface area contributed by atoms with Gasteiger partial charge in [0.25, 0.3) is 0 Å². The molecule has 0 radical (unpaired) electrons. The van der Waals surface area contributed by atoms with Gasteiger partial charge in [-0.2, -0.15) is 0 Å². The zero-order chi connectivity index (χ0) is 10.5. The van der Waals surface area contributed by atoms with Crippen LogP contribution < -0.4 is 5.73 Å². The molecule has 5 nitrogen and oxygen atoms in total. The number of fused-ring (bicyclic) bond motifs is 1. The fraction of sp³-hybridized carbons (Fsp3) is 0.500. The van der Waals surface area contributed by atoms with Crippen LogP contribution in [0.2, 0.25) is 0 Å². The van der Waals surface area contributed by atoms with Crippen LogP contribution in [-0.4, -0.2) is 38.5 Å². The lowest BCUT2D eigenvalue weighted by molar-refractivity contribution is -0.141. The van der Waals surface area contributed by atoms with E-state index in [1.54, 1.807) is 13.1 Å². The van der Waals surface area contributed by atoms with Gasteiger partial charge in [0.2, 0.25) is 5.91 Å². The van der Waals surface area contributed by atoms with Crippen molar-refractivity contribution in [1.82, 2.24) is 4.90 Å². The van der Waals surface area contributed by atoms with E-state index in [0.29, 0.717) is 5.57 Å². The minimum Gasteiger partial charge on any atom is -0.480 e. The van der Waals surface area contributed by atoms with E-state index in [2.05, 4.69) is 0 Å². The van der Waals surface area contributed by atoms with Crippen molar-refractivity contribution < 1.29 is 14.7 Å². The predicted octanol–water partition coefficient (Wildman–Crippen LogP) is -0.414. The molecule has 0 spiro atoms. The summed E-state index contributed by atoms with van der Waals surface area (Å²) in [5.41, 5.74) is 6.23. The van der Waals surface area contributed by atoms with Gasteiger partial charge in [0, 0.05) is 6.20 Å². The van der Waals surface area contributed by atoms with E-state index in [0.717, 1.165) is 0 Å². The maximum atomic E-state index is 11.2. The molecule has 2 rings (SSSR count). The van der Waals surface area contributed by atoms with Crippen LogP contribution in [0.25, 0.3) is 0 Å². The molecule has 0 aromatic carbocycles. The second-order valence-electron chi connectivity index (χ2n) is 3.39. The number of carbonyl (C=O) groups is 2. The number of β-lactam (4-membered cyclic amide) rings is 1. The molecule has 6 heteroatoms. The van der Waals surface area contributed by atoms with Crippen molar-refractivity contribution >= 4 is 23.6 Å². The van der Waals surface area contributed by atoms with Gasteiger partial charge in [-0.1, -0.05) is 0 Å². The van der Waals surface area contributed by atoms with Crippen LogP contribution in [0.5, 0.6) is 0 Å². The van der Waals surface area contributed by atoms with Crippen LogP contribution in [0.15, 0.2) is 11.8 Å². The van der Waals surface area contributed by atoms with Gasteiger partial charge >= 0.3 is 5.97 Å². The molecule has 1 saturated heterocycles. The van der Waals surface area contributed by atoms with Crippen molar-refractivity contribution in [2.24, 2.45) is 5.73 Å². The molecule has 1 amide bonds. The van der Waals surface area contributed by atoms with Gasteiger partial charge in [-0.25, -0.2) is 0 Å². The van der Waals surface area contributed by atoms with Gasteiger partial charge in [0.15, 0.2) is 0 Å². The number of nitrogens with zero attached hydrogens (tertiary/aromatic N) is 1. The molecule has 2 heterocycles. The number of hydrogen-bond donors (Lipinski definition) is 2. The Morgan fingerprint density at radius 2 is 2.36 bits per heavy atom. The second-order valence-corrected chi connectivity index (χ2v) is 4.62. The van der Waals surface area contributed by atoms with E-state index in [9.17, 15) is 9.59 Å². The summed E-state index contributed by atoms with van der Waals surface area (Å²) in [6.07, 6.45) is 1.59. The van der Waals surface area contributed by atoms with Crippen molar-refractivity contribution in [1.29, 1.82) is 0 Å². The van der Waals surface area contributed by atoms with Crippen LogP contribution in [-0.2, 0) is 9.59 Å². The van der Waals surface area contributed by atoms with E-state index in [1.807, 2.05) is 0 Å². The number of nitrogens with two attached hydrogens (primary N) is 1. The highest BCUT2D eigenvalue weighted by atomic mass is 32.2. The summed E-state index contributed by atoms with van der Waals surface area (Å²) in [6, 6.07) is -0.550. The van der Waals surface area contributed by atoms with Crippen LogP contribution in [0.1, 0.15) is 6.92 Å². The zero-order valence-corrected chi connectivity index (χ0v) is 8.32. The van der Waals surface area contributed by atoms with Crippen molar-refractivity contribution in [3.8, 4) is 0 Å². The summed E-state index contributed by atoms with van der Waals surface area (Å²) in [6.45, 7) is 1.71. The third-order valence-corrected chi connectivity index (χ3v) is 4.02. The van der Waals surface area contributed by atoms with Crippen LogP contribution in [0, 0.1) is 0 Å². The summed E-state index contributed by atoms with van der Waals surface area (Å²) in [4.78, 5) is 23.5. The van der Waals surface area contributed by atoms with E-state index < -0.39 is 17.3 Å². The van der Waals surface area contributed by atoms with Gasteiger partial charge in [0.05, 0.1) is 0 Å². The fourth-order valence-electron chi connectivity index (χ4n) is 1.58. The van der Waals surface area contributed by atoms with E-state index >= 15 is 0 Å². The quantitative estimate of drug-likeness (QED) is 0.579. The Hall–Kier alpha value is -1.01. The highest BCUT2D eigenvalue weighted by Crippen LogP contribution is 2.39. The van der Waals surface area contributed by atoms with Crippen molar-refractivity contribution in [2.45, 2.75) is 23.6 Å². The fourth-order valence-corrected chi connectivity index (χ4v) is 2.84. The third-order valence-electron chi connectivity index (χ3n) is 2.38. The number of amides is 1. The maximum Gasteiger partial charge on any atom is 0.320 e. The van der Waals surface area contributed by atoms with E-state index in [4.69, 9.17) is 10.8 Å². The molecule has 0 bridgehead atoms. The summed E-state index contributed by atoms with van der Waals surface area (Å²) >= 11 is 1.22. The first-order valence-electron chi connectivity index (χ1n) is 4.16. The molecule has 0 aliphatic carbocycles. The van der Waals surface area contributed by atoms with Crippen molar-refractivity contribution in [2.75, 3.05) is 0 Å². The average Bonchev–Trinajstić information content (AvgIpc) is 2.15. The van der Waals surface area contributed by atoms with Crippen molar-refractivity contribution in [3.05, 3.63) is 11.8 Å². The minimum atomic E-state index is -0.880. The molecule has 2 unspecified atom stereocenters. The summed E-state index contributed by atoms with van der Waals surface area (Å²) < 4.78 is 0. The smallest absolute Gasteiger partial charge is 0.320 e. The van der Waals surface area contributed by atoms with Crippen LogP contribution in [0.4, 0.5) is 0 Å². The third kappa shape index (κ3) is 1.14. The molecule has 3 N–H and O–H groups in total. The summed E-state index contributed by atoms with van der Waals surface area (Å²) in [5, 5.41) is 8.11.